The second kappa shape index (κ2) is 13.6. The third-order valence-electron chi connectivity index (χ3n) is 6.81. The molecule has 1 aromatic rings. The van der Waals surface area contributed by atoms with Crippen LogP contribution in [0.3, 0.4) is 0 Å². The van der Waals surface area contributed by atoms with Gasteiger partial charge in [0.05, 0.1) is 13.7 Å². The molecular formula is C27H39ClN2O4. The lowest BCUT2D eigenvalue weighted by Gasteiger charge is -2.33. The summed E-state index contributed by atoms with van der Waals surface area (Å²) in [5.74, 6) is 0.593. The highest BCUT2D eigenvalue weighted by Crippen LogP contribution is 2.34. The van der Waals surface area contributed by atoms with Gasteiger partial charge in [0.15, 0.2) is 11.5 Å². The maximum Gasteiger partial charge on any atom is 0.247 e. The molecule has 188 valence electrons. The van der Waals surface area contributed by atoms with Crippen molar-refractivity contribution in [2.75, 3.05) is 26.1 Å². The minimum Gasteiger partial charge on any atom is -0.493 e. The van der Waals surface area contributed by atoms with Gasteiger partial charge in [0, 0.05) is 12.6 Å². The first kappa shape index (κ1) is 26.4. The first-order chi connectivity index (χ1) is 16.6. The monoisotopic (exact) mass is 490 g/mol. The molecule has 1 saturated carbocycles. The predicted octanol–water partition coefficient (Wildman–Crippen LogP) is 5.54. The van der Waals surface area contributed by atoms with Gasteiger partial charge in [-0.1, -0.05) is 37.0 Å². The van der Waals surface area contributed by atoms with Crippen molar-refractivity contribution >= 4 is 23.4 Å². The van der Waals surface area contributed by atoms with Gasteiger partial charge in [-0.15, -0.1) is 11.6 Å². The Bertz CT molecular complexity index is 851. The van der Waals surface area contributed by atoms with Gasteiger partial charge in [0.25, 0.3) is 0 Å². The Morgan fingerprint density at radius 3 is 2.59 bits per heavy atom. The zero-order chi connectivity index (χ0) is 24.3. The molecule has 34 heavy (non-hydrogen) atoms. The van der Waals surface area contributed by atoms with Crippen LogP contribution < -0.4 is 14.8 Å². The Balaban J connectivity index is 1.92. The number of allylic oxidation sites excluding steroid dienone is 1. The van der Waals surface area contributed by atoms with Crippen molar-refractivity contribution in [1.29, 1.82) is 0 Å². The zero-order valence-electron chi connectivity index (χ0n) is 20.6. The summed E-state index contributed by atoms with van der Waals surface area (Å²) in [6, 6.07) is 4.84. The van der Waals surface area contributed by atoms with Gasteiger partial charge >= 0.3 is 0 Å². The first-order valence-corrected chi connectivity index (χ1v) is 13.2. The summed E-state index contributed by atoms with van der Waals surface area (Å²) in [5.41, 5.74) is 2.05. The van der Waals surface area contributed by atoms with Gasteiger partial charge in [0.2, 0.25) is 11.8 Å². The molecule has 7 heteroatoms. The number of nitrogens with one attached hydrogen (secondary N) is 1. The van der Waals surface area contributed by atoms with Crippen LogP contribution in [0, 0.1) is 0 Å². The van der Waals surface area contributed by atoms with Crippen molar-refractivity contribution in [3.05, 3.63) is 35.4 Å². The van der Waals surface area contributed by atoms with Crippen LogP contribution in [0.2, 0.25) is 0 Å². The van der Waals surface area contributed by atoms with Crippen LogP contribution in [0.1, 0.15) is 82.7 Å². The minimum atomic E-state index is -0.776. The zero-order valence-corrected chi connectivity index (χ0v) is 21.4. The average molecular weight is 491 g/mol. The molecule has 0 aliphatic heterocycles. The van der Waals surface area contributed by atoms with Crippen LogP contribution in [0.15, 0.2) is 29.8 Å². The summed E-state index contributed by atoms with van der Waals surface area (Å²) < 4.78 is 11.2. The normalized spacial score (nSPS) is 17.4. The van der Waals surface area contributed by atoms with Crippen molar-refractivity contribution in [2.24, 2.45) is 0 Å². The molecule has 6 nitrogen and oxygen atoms in total. The van der Waals surface area contributed by atoms with E-state index in [9.17, 15) is 9.59 Å². The number of carbonyl (C=O) groups is 2. The summed E-state index contributed by atoms with van der Waals surface area (Å²) in [4.78, 5) is 28.4. The smallest absolute Gasteiger partial charge is 0.247 e. The lowest BCUT2D eigenvalue weighted by molar-refractivity contribution is -0.139. The Morgan fingerprint density at radius 1 is 1.15 bits per heavy atom. The van der Waals surface area contributed by atoms with E-state index in [1.165, 1.54) is 24.8 Å². The van der Waals surface area contributed by atoms with Crippen molar-refractivity contribution in [3.63, 3.8) is 0 Å². The minimum absolute atomic E-state index is 0.141. The van der Waals surface area contributed by atoms with Gasteiger partial charge in [0.1, 0.15) is 11.9 Å². The van der Waals surface area contributed by atoms with Crippen LogP contribution in [0.25, 0.3) is 0 Å². The largest absolute Gasteiger partial charge is 0.493 e. The maximum atomic E-state index is 13.7. The molecule has 0 bridgehead atoms. The molecule has 1 fully saturated rings. The standard InChI is InChI=1S/C27H39ClN2O4/c1-3-34-23-15-14-21(18-24(23)33-2)26(27(32)29-22-12-8-5-9-13-22)30(25(31)19-28)17-16-20-10-6-4-7-11-20/h10,14-15,18,22,26H,3-9,11-13,16-17,19H2,1-2H3,(H,29,32). The van der Waals surface area contributed by atoms with E-state index in [1.54, 1.807) is 12.0 Å². The lowest BCUT2D eigenvalue weighted by atomic mass is 9.94. The SMILES string of the molecule is CCOc1ccc(C(C(=O)NC2CCCCC2)N(CCC2=CCCCC2)C(=O)CCl)cc1OC. The number of halogens is 1. The van der Waals surface area contributed by atoms with E-state index in [1.807, 2.05) is 25.1 Å². The average Bonchev–Trinajstić information content (AvgIpc) is 2.87. The van der Waals surface area contributed by atoms with Crippen LogP contribution in [0.5, 0.6) is 11.5 Å². The highest BCUT2D eigenvalue weighted by atomic mass is 35.5. The number of hydrogen-bond acceptors (Lipinski definition) is 4. The fourth-order valence-electron chi connectivity index (χ4n) is 5.00. The van der Waals surface area contributed by atoms with Crippen molar-refractivity contribution in [2.45, 2.75) is 83.2 Å². The van der Waals surface area contributed by atoms with Crippen LogP contribution >= 0.6 is 11.6 Å². The molecule has 0 heterocycles. The lowest BCUT2D eigenvalue weighted by Crippen LogP contribution is -2.47. The molecule has 1 aromatic carbocycles. The quantitative estimate of drug-likeness (QED) is 0.326. The van der Waals surface area contributed by atoms with Crippen LogP contribution in [0.4, 0.5) is 0 Å². The fraction of sp³-hybridized carbons (Fsp3) is 0.630. The van der Waals surface area contributed by atoms with Gasteiger partial charge in [-0.3, -0.25) is 9.59 Å². The number of hydrogen-bond donors (Lipinski definition) is 1. The third-order valence-corrected chi connectivity index (χ3v) is 7.04. The summed E-state index contributed by atoms with van der Waals surface area (Å²) >= 11 is 6.04. The van der Waals surface area contributed by atoms with Crippen molar-refractivity contribution in [1.82, 2.24) is 10.2 Å². The van der Waals surface area contributed by atoms with Crippen molar-refractivity contribution in [3.8, 4) is 11.5 Å². The molecule has 0 saturated heterocycles. The molecular weight excluding hydrogens is 452 g/mol. The van der Waals surface area contributed by atoms with E-state index in [0.717, 1.165) is 44.9 Å². The second-order valence-electron chi connectivity index (χ2n) is 9.17. The molecule has 0 radical (unpaired) electrons. The number of methoxy groups -OCH3 is 1. The van der Waals surface area contributed by atoms with E-state index in [0.29, 0.717) is 30.2 Å². The summed E-state index contributed by atoms with van der Waals surface area (Å²) in [7, 11) is 1.58. The van der Waals surface area contributed by atoms with Crippen molar-refractivity contribution < 1.29 is 19.1 Å². The van der Waals surface area contributed by atoms with E-state index in [-0.39, 0.29) is 23.7 Å². The molecule has 2 amide bonds. The summed E-state index contributed by atoms with van der Waals surface area (Å²) in [5, 5.41) is 3.23. The Hall–Kier alpha value is -2.21. The van der Waals surface area contributed by atoms with Gasteiger partial charge in [-0.2, -0.15) is 0 Å². The predicted molar refractivity (Wildman–Crippen MR) is 136 cm³/mol. The van der Waals surface area contributed by atoms with Gasteiger partial charge in [-0.25, -0.2) is 0 Å². The summed E-state index contributed by atoms with van der Waals surface area (Å²) in [6.45, 7) is 2.87. The molecule has 0 spiro atoms. The fourth-order valence-corrected chi connectivity index (χ4v) is 5.15. The number of rotatable bonds is 11. The molecule has 3 rings (SSSR count). The number of ether oxygens (including phenoxy) is 2. The Labute approximate surface area is 209 Å². The Kier molecular flexibility index (Phi) is 10.6. The number of nitrogens with zero attached hydrogens (tertiary/aromatic N) is 1. The number of alkyl halides is 1. The molecule has 1 unspecified atom stereocenters. The number of benzene rings is 1. The highest BCUT2D eigenvalue weighted by molar-refractivity contribution is 6.27. The van der Waals surface area contributed by atoms with E-state index in [4.69, 9.17) is 21.1 Å². The summed E-state index contributed by atoms with van der Waals surface area (Å²) in [6.07, 6.45) is 13.0. The third kappa shape index (κ3) is 7.14. The maximum absolute atomic E-state index is 13.7. The van der Waals surface area contributed by atoms with Crippen LogP contribution in [-0.4, -0.2) is 48.9 Å². The molecule has 1 N–H and O–H groups in total. The molecule has 0 aromatic heterocycles. The van der Waals surface area contributed by atoms with E-state index in [2.05, 4.69) is 11.4 Å². The Morgan fingerprint density at radius 2 is 1.94 bits per heavy atom. The molecule has 2 aliphatic rings. The topological polar surface area (TPSA) is 67.9 Å². The highest BCUT2D eigenvalue weighted by Gasteiger charge is 2.33. The van der Waals surface area contributed by atoms with Gasteiger partial charge < -0.3 is 19.7 Å². The molecule has 2 aliphatic carbocycles. The first-order valence-electron chi connectivity index (χ1n) is 12.7. The van der Waals surface area contributed by atoms with Gasteiger partial charge in [-0.05, 0) is 69.6 Å². The second-order valence-corrected chi connectivity index (χ2v) is 9.44. The van der Waals surface area contributed by atoms with Crippen LogP contribution in [-0.2, 0) is 9.59 Å². The number of amides is 2. The number of carbonyl (C=O) groups excluding carboxylic acids is 2. The van der Waals surface area contributed by atoms with E-state index < -0.39 is 6.04 Å². The van der Waals surface area contributed by atoms with E-state index >= 15 is 0 Å². The molecule has 1 atom stereocenters.